The van der Waals surface area contributed by atoms with Crippen molar-refractivity contribution in [2.24, 2.45) is 0 Å². The second kappa shape index (κ2) is 8.18. The third kappa shape index (κ3) is 4.48. The van der Waals surface area contributed by atoms with E-state index in [-0.39, 0.29) is 28.7 Å². The summed E-state index contributed by atoms with van der Waals surface area (Å²) in [6.07, 6.45) is -3.21. The number of hydrogen-bond donors (Lipinski definition) is 2. The number of alkyl halides is 3. The number of ether oxygens (including phenoxy) is 1. The van der Waals surface area contributed by atoms with Crippen LogP contribution in [0.4, 0.5) is 24.9 Å². The standard InChI is InChI=1S/C21H23F3N6O/c1-31-14-4-2-12(3-5-14)11-30-8-6-13(7-9-30)16-10-15(21(22,23)24)17-18(25)28-20(26)29-19(17)27-16/h2-5,10,13H,6-9,11H2,1H3,(H4,25,26,27,28,29). The maximum absolute atomic E-state index is 13.7. The van der Waals surface area contributed by atoms with Gasteiger partial charge in [-0.2, -0.15) is 23.1 Å². The summed E-state index contributed by atoms with van der Waals surface area (Å²) in [5.74, 6) is 0.186. The van der Waals surface area contributed by atoms with Gasteiger partial charge in [0.2, 0.25) is 5.95 Å². The Morgan fingerprint density at radius 2 is 1.74 bits per heavy atom. The minimum Gasteiger partial charge on any atom is -0.497 e. The highest BCUT2D eigenvalue weighted by Gasteiger charge is 2.36. The summed E-state index contributed by atoms with van der Waals surface area (Å²) < 4.78 is 46.3. The molecule has 1 fully saturated rings. The zero-order valence-electron chi connectivity index (χ0n) is 17.0. The Labute approximate surface area is 177 Å². The molecular formula is C21H23F3N6O. The molecule has 1 aliphatic rings. The van der Waals surface area contributed by atoms with E-state index in [0.29, 0.717) is 18.5 Å². The number of nitrogens with two attached hydrogens (primary N) is 2. The molecule has 164 valence electrons. The summed E-state index contributed by atoms with van der Waals surface area (Å²) in [4.78, 5) is 14.2. The lowest BCUT2D eigenvalue weighted by atomic mass is 9.91. The molecule has 2 aromatic heterocycles. The van der Waals surface area contributed by atoms with E-state index in [1.54, 1.807) is 7.11 Å². The Hall–Kier alpha value is -3.14. The van der Waals surface area contributed by atoms with E-state index >= 15 is 0 Å². The fourth-order valence-corrected chi connectivity index (χ4v) is 4.01. The molecule has 0 unspecified atom stereocenters. The van der Waals surface area contributed by atoms with Crippen molar-refractivity contribution in [2.75, 3.05) is 31.7 Å². The number of benzene rings is 1. The third-order valence-corrected chi connectivity index (χ3v) is 5.61. The maximum Gasteiger partial charge on any atom is 0.417 e. The van der Waals surface area contributed by atoms with Gasteiger partial charge in [0.25, 0.3) is 0 Å². The number of likely N-dealkylation sites (tertiary alicyclic amines) is 1. The lowest BCUT2D eigenvalue weighted by molar-refractivity contribution is -0.136. The normalized spacial score (nSPS) is 16.0. The summed E-state index contributed by atoms with van der Waals surface area (Å²) in [5.41, 5.74) is 11.8. The number of nitrogens with zero attached hydrogens (tertiary/aromatic N) is 4. The molecule has 1 saturated heterocycles. The number of rotatable bonds is 4. The molecular weight excluding hydrogens is 409 g/mol. The predicted octanol–water partition coefficient (Wildman–Crippen LogP) is 3.60. The number of hydrogen-bond acceptors (Lipinski definition) is 7. The van der Waals surface area contributed by atoms with Crippen LogP contribution in [0.25, 0.3) is 11.0 Å². The lowest BCUT2D eigenvalue weighted by Crippen LogP contribution is -2.32. The lowest BCUT2D eigenvalue weighted by Gasteiger charge is -2.32. The first kappa shape index (κ1) is 21.1. The van der Waals surface area contributed by atoms with E-state index in [1.807, 2.05) is 24.3 Å². The van der Waals surface area contributed by atoms with Gasteiger partial charge < -0.3 is 16.2 Å². The Morgan fingerprint density at radius 1 is 1.06 bits per heavy atom. The topological polar surface area (TPSA) is 103 Å². The number of methoxy groups -OCH3 is 1. The second-order valence-electron chi connectivity index (χ2n) is 7.66. The van der Waals surface area contributed by atoms with Crippen molar-refractivity contribution < 1.29 is 17.9 Å². The zero-order valence-corrected chi connectivity index (χ0v) is 17.0. The Morgan fingerprint density at radius 3 is 2.35 bits per heavy atom. The quantitative estimate of drug-likeness (QED) is 0.649. The molecule has 0 spiro atoms. The van der Waals surface area contributed by atoms with Crippen LogP contribution in [0.5, 0.6) is 5.75 Å². The SMILES string of the molecule is COc1ccc(CN2CCC(c3cc(C(F)(F)F)c4c(N)nc(N)nc4n3)CC2)cc1. The van der Waals surface area contributed by atoms with Crippen LogP contribution in [0.3, 0.4) is 0 Å². The summed E-state index contributed by atoms with van der Waals surface area (Å²) >= 11 is 0. The smallest absolute Gasteiger partial charge is 0.417 e. The number of piperidine rings is 1. The van der Waals surface area contributed by atoms with Crippen LogP contribution in [0.1, 0.15) is 35.6 Å². The second-order valence-corrected chi connectivity index (χ2v) is 7.66. The van der Waals surface area contributed by atoms with Gasteiger partial charge in [-0.05, 0) is 49.7 Å². The summed E-state index contributed by atoms with van der Waals surface area (Å²) in [6, 6.07) is 8.94. The van der Waals surface area contributed by atoms with E-state index < -0.39 is 11.7 Å². The van der Waals surface area contributed by atoms with Crippen LogP contribution >= 0.6 is 0 Å². The average Bonchev–Trinajstić information content (AvgIpc) is 2.73. The van der Waals surface area contributed by atoms with Gasteiger partial charge in [0.1, 0.15) is 11.6 Å². The van der Waals surface area contributed by atoms with Crippen LogP contribution in [0.2, 0.25) is 0 Å². The molecule has 0 amide bonds. The van der Waals surface area contributed by atoms with Crippen molar-refractivity contribution in [3.63, 3.8) is 0 Å². The Balaban J connectivity index is 1.54. The van der Waals surface area contributed by atoms with E-state index in [9.17, 15) is 13.2 Å². The number of halogens is 3. The van der Waals surface area contributed by atoms with E-state index in [1.165, 1.54) is 0 Å². The highest BCUT2D eigenvalue weighted by atomic mass is 19.4. The molecule has 0 atom stereocenters. The van der Waals surface area contributed by atoms with Gasteiger partial charge in [0, 0.05) is 18.2 Å². The molecule has 4 N–H and O–H groups in total. The summed E-state index contributed by atoms with van der Waals surface area (Å²) in [7, 11) is 1.62. The van der Waals surface area contributed by atoms with Crippen LogP contribution in [-0.2, 0) is 12.7 Å². The van der Waals surface area contributed by atoms with Crippen molar-refractivity contribution >= 4 is 22.8 Å². The molecule has 4 rings (SSSR count). The molecule has 7 nitrogen and oxygen atoms in total. The first-order valence-corrected chi connectivity index (χ1v) is 9.90. The van der Waals surface area contributed by atoms with E-state index in [2.05, 4.69) is 19.9 Å². The van der Waals surface area contributed by atoms with Crippen LogP contribution in [0, 0.1) is 0 Å². The molecule has 3 aromatic rings. The Kier molecular flexibility index (Phi) is 5.57. The number of pyridine rings is 1. The van der Waals surface area contributed by atoms with E-state index in [0.717, 1.165) is 37.0 Å². The van der Waals surface area contributed by atoms with E-state index in [4.69, 9.17) is 16.2 Å². The molecule has 0 bridgehead atoms. The summed E-state index contributed by atoms with van der Waals surface area (Å²) in [5, 5.41) is -0.303. The first-order chi connectivity index (χ1) is 14.7. The molecule has 1 aliphatic heterocycles. The third-order valence-electron chi connectivity index (χ3n) is 5.61. The number of aromatic nitrogens is 3. The van der Waals surface area contributed by atoms with Crippen molar-refractivity contribution in [3.05, 3.63) is 47.2 Å². The minimum atomic E-state index is -4.60. The largest absolute Gasteiger partial charge is 0.497 e. The molecule has 1 aromatic carbocycles. The van der Waals surface area contributed by atoms with Crippen LogP contribution in [0.15, 0.2) is 30.3 Å². The Bertz CT molecular complexity index is 1080. The monoisotopic (exact) mass is 432 g/mol. The van der Waals surface area contributed by atoms with Crippen molar-refractivity contribution in [3.8, 4) is 5.75 Å². The fraction of sp³-hybridized carbons (Fsp3) is 0.381. The van der Waals surface area contributed by atoms with Gasteiger partial charge in [0.15, 0.2) is 5.65 Å². The van der Waals surface area contributed by atoms with Gasteiger partial charge >= 0.3 is 6.18 Å². The average molecular weight is 432 g/mol. The van der Waals surface area contributed by atoms with Crippen molar-refractivity contribution in [2.45, 2.75) is 31.5 Å². The molecule has 0 radical (unpaired) electrons. The van der Waals surface area contributed by atoms with Gasteiger partial charge in [0.05, 0.1) is 18.1 Å². The first-order valence-electron chi connectivity index (χ1n) is 9.90. The fourth-order valence-electron chi connectivity index (χ4n) is 4.01. The predicted molar refractivity (Wildman–Crippen MR) is 111 cm³/mol. The minimum absolute atomic E-state index is 0.102. The number of anilines is 2. The molecule has 0 aliphatic carbocycles. The van der Waals surface area contributed by atoms with Gasteiger partial charge in [-0.25, -0.2) is 4.98 Å². The van der Waals surface area contributed by atoms with Gasteiger partial charge in [-0.15, -0.1) is 0 Å². The van der Waals surface area contributed by atoms with Gasteiger partial charge in [-0.3, -0.25) is 4.90 Å². The number of fused-ring (bicyclic) bond motifs is 1. The van der Waals surface area contributed by atoms with Crippen LogP contribution in [-0.4, -0.2) is 40.1 Å². The maximum atomic E-state index is 13.7. The zero-order chi connectivity index (χ0) is 22.2. The highest BCUT2D eigenvalue weighted by Crippen LogP contribution is 2.39. The van der Waals surface area contributed by atoms with Crippen molar-refractivity contribution in [1.82, 2.24) is 19.9 Å². The molecule has 3 heterocycles. The molecule has 31 heavy (non-hydrogen) atoms. The molecule has 10 heteroatoms. The summed E-state index contributed by atoms with van der Waals surface area (Å²) in [6.45, 7) is 2.29. The van der Waals surface area contributed by atoms with Crippen molar-refractivity contribution in [1.29, 1.82) is 0 Å². The van der Waals surface area contributed by atoms with Crippen LogP contribution < -0.4 is 16.2 Å². The number of nitrogen functional groups attached to an aromatic ring is 2. The molecule has 0 saturated carbocycles. The van der Waals surface area contributed by atoms with Gasteiger partial charge in [-0.1, -0.05) is 12.1 Å². The highest BCUT2D eigenvalue weighted by molar-refractivity contribution is 5.90.